The monoisotopic (exact) mass is 406 g/mol. The highest BCUT2D eigenvalue weighted by molar-refractivity contribution is 6.28. The minimum absolute atomic E-state index is 0.138. The molecule has 0 amide bonds. The summed E-state index contributed by atoms with van der Waals surface area (Å²) in [7, 11) is 1.54. The summed E-state index contributed by atoms with van der Waals surface area (Å²) in [5.74, 6) is 0.249. The fourth-order valence-electron chi connectivity index (χ4n) is 3.00. The highest BCUT2D eigenvalue weighted by atomic mass is 35.5. The summed E-state index contributed by atoms with van der Waals surface area (Å²) in [5.41, 5.74) is 2.00. The Labute approximate surface area is 162 Å². The van der Waals surface area contributed by atoms with Gasteiger partial charge in [0.05, 0.1) is 17.6 Å². The summed E-state index contributed by atoms with van der Waals surface area (Å²) in [4.78, 5) is 11.9. The van der Waals surface area contributed by atoms with Gasteiger partial charge in [-0.15, -0.1) is 0 Å². The van der Waals surface area contributed by atoms with Gasteiger partial charge in [-0.2, -0.15) is 23.3 Å². The molecule has 6 nitrogen and oxygen atoms in total. The van der Waals surface area contributed by atoms with Crippen LogP contribution in [0.15, 0.2) is 36.7 Å². The number of rotatable bonds is 3. The van der Waals surface area contributed by atoms with Gasteiger partial charge in [-0.05, 0) is 24.1 Å². The number of aromatic nitrogens is 6. The van der Waals surface area contributed by atoms with E-state index < -0.39 is 11.9 Å². The second kappa shape index (κ2) is 6.59. The van der Waals surface area contributed by atoms with Crippen molar-refractivity contribution in [2.75, 3.05) is 0 Å². The Balaban J connectivity index is 1.63. The molecule has 1 aromatic carbocycles. The fraction of sp³-hybridized carbons (Fsp3) is 0.222. The Bertz CT molecular complexity index is 1160. The molecule has 10 heteroatoms. The summed E-state index contributed by atoms with van der Waals surface area (Å²) in [6.45, 7) is 2.30. The number of alkyl halides is 3. The van der Waals surface area contributed by atoms with E-state index in [1.165, 1.54) is 11.6 Å². The van der Waals surface area contributed by atoms with Crippen molar-refractivity contribution in [2.24, 2.45) is 7.05 Å². The van der Waals surface area contributed by atoms with E-state index in [1.54, 1.807) is 23.0 Å². The molecule has 0 fully saturated rings. The summed E-state index contributed by atoms with van der Waals surface area (Å²) in [6.07, 6.45) is -1.87. The van der Waals surface area contributed by atoms with Crippen LogP contribution in [-0.4, -0.2) is 29.3 Å². The summed E-state index contributed by atoms with van der Waals surface area (Å²) in [6, 6.07) is 7.11. The lowest BCUT2D eigenvalue weighted by Gasteiger charge is -2.06. The van der Waals surface area contributed by atoms with Gasteiger partial charge in [-0.25, -0.2) is 14.6 Å². The third-order valence-electron chi connectivity index (χ3n) is 4.36. The Kier molecular flexibility index (Phi) is 4.34. The number of hydrogen-bond donors (Lipinski definition) is 0. The Morgan fingerprint density at radius 2 is 1.82 bits per heavy atom. The van der Waals surface area contributed by atoms with E-state index in [9.17, 15) is 13.2 Å². The lowest BCUT2D eigenvalue weighted by atomic mass is 10.1. The van der Waals surface area contributed by atoms with Crippen LogP contribution in [0.4, 0.5) is 13.2 Å². The van der Waals surface area contributed by atoms with E-state index in [-0.39, 0.29) is 11.1 Å². The molecule has 0 unspecified atom stereocenters. The Morgan fingerprint density at radius 3 is 2.46 bits per heavy atom. The normalized spacial score (nSPS) is 12.1. The minimum Gasteiger partial charge on any atom is -0.333 e. The fourth-order valence-corrected chi connectivity index (χ4v) is 3.13. The third-order valence-corrected chi connectivity index (χ3v) is 4.54. The van der Waals surface area contributed by atoms with Crippen LogP contribution in [0.3, 0.4) is 0 Å². The largest absolute Gasteiger partial charge is 0.434 e. The summed E-state index contributed by atoms with van der Waals surface area (Å²) < 4.78 is 41.6. The number of nitrogens with zero attached hydrogens (tertiary/aromatic N) is 6. The molecular formula is C18H14ClF3N6. The number of fused-ring (bicyclic) bond motifs is 1. The van der Waals surface area contributed by atoms with Gasteiger partial charge < -0.3 is 4.57 Å². The van der Waals surface area contributed by atoms with E-state index in [0.29, 0.717) is 17.8 Å². The van der Waals surface area contributed by atoms with Crippen molar-refractivity contribution in [3.63, 3.8) is 0 Å². The SMILES string of the molecule is Cc1nn(Cc2ccc(-c3nc(C(F)(F)F)cn3C)cc2)c2nc(Cl)ncc12. The van der Waals surface area contributed by atoms with Crippen LogP contribution in [-0.2, 0) is 19.8 Å². The molecule has 0 saturated heterocycles. The first-order valence-corrected chi connectivity index (χ1v) is 8.65. The lowest BCUT2D eigenvalue weighted by molar-refractivity contribution is -0.140. The van der Waals surface area contributed by atoms with Crippen LogP contribution in [0, 0.1) is 6.92 Å². The van der Waals surface area contributed by atoms with E-state index in [2.05, 4.69) is 20.1 Å². The zero-order valence-corrected chi connectivity index (χ0v) is 15.6. The first-order chi connectivity index (χ1) is 13.2. The van der Waals surface area contributed by atoms with Gasteiger partial charge in [0.2, 0.25) is 5.28 Å². The molecule has 0 aliphatic heterocycles. The third kappa shape index (κ3) is 3.33. The number of imidazole rings is 1. The molecule has 28 heavy (non-hydrogen) atoms. The van der Waals surface area contributed by atoms with Crippen LogP contribution in [0.5, 0.6) is 0 Å². The van der Waals surface area contributed by atoms with E-state index >= 15 is 0 Å². The quantitative estimate of drug-likeness (QED) is 0.477. The van der Waals surface area contributed by atoms with E-state index in [0.717, 1.165) is 22.8 Å². The molecule has 0 saturated carbocycles. The zero-order chi connectivity index (χ0) is 20.1. The number of aryl methyl sites for hydroxylation is 2. The minimum atomic E-state index is -4.47. The maximum absolute atomic E-state index is 12.9. The van der Waals surface area contributed by atoms with Crippen molar-refractivity contribution >= 4 is 22.6 Å². The Morgan fingerprint density at radius 1 is 1.11 bits per heavy atom. The molecule has 0 N–H and O–H groups in total. The highest BCUT2D eigenvalue weighted by Crippen LogP contribution is 2.30. The molecule has 3 aromatic heterocycles. The van der Waals surface area contributed by atoms with Crippen LogP contribution in [0.2, 0.25) is 5.28 Å². The summed E-state index contributed by atoms with van der Waals surface area (Å²) >= 11 is 5.89. The molecule has 0 aliphatic carbocycles. The van der Waals surface area contributed by atoms with E-state index in [4.69, 9.17) is 11.6 Å². The van der Waals surface area contributed by atoms with Gasteiger partial charge in [0.25, 0.3) is 0 Å². The van der Waals surface area contributed by atoms with Crippen LogP contribution >= 0.6 is 11.6 Å². The van der Waals surface area contributed by atoms with Gasteiger partial charge in [-0.3, -0.25) is 0 Å². The van der Waals surface area contributed by atoms with Crippen molar-refractivity contribution in [3.8, 4) is 11.4 Å². The number of benzene rings is 1. The maximum atomic E-state index is 12.9. The van der Waals surface area contributed by atoms with E-state index in [1.807, 2.05) is 19.1 Å². The molecule has 4 aromatic rings. The highest BCUT2D eigenvalue weighted by Gasteiger charge is 2.34. The van der Waals surface area contributed by atoms with Crippen molar-refractivity contribution in [3.05, 3.63) is 58.9 Å². The molecule has 0 aliphatic rings. The van der Waals surface area contributed by atoms with Gasteiger partial charge in [0, 0.05) is 25.0 Å². The molecular weight excluding hydrogens is 393 g/mol. The number of hydrogen-bond acceptors (Lipinski definition) is 4. The van der Waals surface area contributed by atoms with Gasteiger partial charge in [0.15, 0.2) is 11.3 Å². The maximum Gasteiger partial charge on any atom is 0.434 e. The number of halogens is 4. The van der Waals surface area contributed by atoms with Crippen LogP contribution in [0.25, 0.3) is 22.4 Å². The Hall–Kier alpha value is -2.94. The predicted molar refractivity (Wildman–Crippen MR) is 97.8 cm³/mol. The van der Waals surface area contributed by atoms with Crippen LogP contribution in [0.1, 0.15) is 17.0 Å². The molecule has 0 atom stereocenters. The summed E-state index contributed by atoms with van der Waals surface area (Å²) in [5, 5.41) is 5.42. The zero-order valence-electron chi connectivity index (χ0n) is 14.9. The second-order valence-corrected chi connectivity index (χ2v) is 6.71. The van der Waals surface area contributed by atoms with Crippen molar-refractivity contribution in [1.29, 1.82) is 0 Å². The van der Waals surface area contributed by atoms with Gasteiger partial charge >= 0.3 is 6.18 Å². The molecule has 0 spiro atoms. The van der Waals surface area contributed by atoms with Gasteiger partial charge in [0.1, 0.15) is 5.82 Å². The van der Waals surface area contributed by atoms with Crippen molar-refractivity contribution < 1.29 is 13.2 Å². The van der Waals surface area contributed by atoms with Crippen molar-refractivity contribution in [1.82, 2.24) is 29.3 Å². The first-order valence-electron chi connectivity index (χ1n) is 8.28. The first kappa shape index (κ1) is 18.4. The smallest absolute Gasteiger partial charge is 0.333 e. The molecule has 0 radical (unpaired) electrons. The molecule has 3 heterocycles. The molecule has 4 rings (SSSR count). The van der Waals surface area contributed by atoms with Crippen molar-refractivity contribution in [2.45, 2.75) is 19.6 Å². The average Bonchev–Trinajstić information content (AvgIpc) is 3.16. The van der Waals surface area contributed by atoms with Gasteiger partial charge in [-0.1, -0.05) is 24.3 Å². The predicted octanol–water partition coefficient (Wildman–Crippen LogP) is 4.26. The van der Waals surface area contributed by atoms with Crippen LogP contribution < -0.4 is 0 Å². The average molecular weight is 407 g/mol. The second-order valence-electron chi connectivity index (χ2n) is 6.37. The standard InChI is InChI=1S/C18H14ClF3N6/c1-10-13-7-23-17(19)25-16(13)28(26-10)8-11-3-5-12(6-4-11)15-24-14(9-27(15)2)18(20,21)22/h3-7,9H,8H2,1-2H3. The lowest BCUT2D eigenvalue weighted by Crippen LogP contribution is -2.05. The molecule has 0 bridgehead atoms. The molecule has 144 valence electrons. The topological polar surface area (TPSA) is 61.4 Å².